The van der Waals surface area contributed by atoms with Gasteiger partial charge in [0.05, 0.1) is 5.57 Å². The molecular formula is C30H45N3O6. The molecule has 1 aliphatic rings. The molecule has 0 aliphatic heterocycles. The zero-order valence-corrected chi connectivity index (χ0v) is 24.4. The number of benzene rings is 1. The number of carbonyl (C=O) groups excluding carboxylic acids is 2. The van der Waals surface area contributed by atoms with Gasteiger partial charge in [0.2, 0.25) is 5.91 Å². The normalized spacial score (nSPS) is 15.8. The summed E-state index contributed by atoms with van der Waals surface area (Å²) in [7, 11) is 0. The minimum atomic E-state index is -1.13. The van der Waals surface area contributed by atoms with Crippen LogP contribution < -0.4 is 10.6 Å². The summed E-state index contributed by atoms with van der Waals surface area (Å²) in [6, 6.07) is 2.99. The average Bonchev–Trinajstić information content (AvgIpc) is 2.80. The zero-order valence-electron chi connectivity index (χ0n) is 24.4. The highest BCUT2D eigenvalue weighted by molar-refractivity contribution is 6.22. The van der Waals surface area contributed by atoms with Crippen molar-refractivity contribution < 1.29 is 29.7 Å². The van der Waals surface area contributed by atoms with Gasteiger partial charge in [-0.1, -0.05) is 41.5 Å². The van der Waals surface area contributed by atoms with Crippen LogP contribution in [-0.2, 0) is 25.2 Å². The van der Waals surface area contributed by atoms with E-state index < -0.39 is 24.5 Å². The Hall–Kier alpha value is -3.36. The highest BCUT2D eigenvalue weighted by Crippen LogP contribution is 2.41. The lowest BCUT2D eigenvalue weighted by atomic mass is 9.79. The molecule has 0 fully saturated rings. The predicted molar refractivity (Wildman–Crippen MR) is 154 cm³/mol. The van der Waals surface area contributed by atoms with E-state index in [1.165, 1.54) is 0 Å². The van der Waals surface area contributed by atoms with Crippen LogP contribution in [0.5, 0.6) is 5.75 Å². The van der Waals surface area contributed by atoms with Gasteiger partial charge in [-0.3, -0.25) is 19.4 Å². The topological polar surface area (TPSA) is 148 Å². The third-order valence-corrected chi connectivity index (χ3v) is 6.79. The third-order valence-electron chi connectivity index (χ3n) is 6.79. The van der Waals surface area contributed by atoms with Crippen LogP contribution >= 0.6 is 0 Å². The van der Waals surface area contributed by atoms with E-state index in [4.69, 9.17) is 5.11 Å². The predicted octanol–water partition coefficient (Wildman–Crippen LogP) is 5.16. The number of ketones is 1. The van der Waals surface area contributed by atoms with Crippen molar-refractivity contribution in [2.75, 3.05) is 18.4 Å². The number of rotatable bonds is 11. The molecule has 0 radical (unpaired) electrons. The summed E-state index contributed by atoms with van der Waals surface area (Å²) < 4.78 is 0. The van der Waals surface area contributed by atoms with Crippen molar-refractivity contribution in [3.63, 3.8) is 0 Å². The van der Waals surface area contributed by atoms with Gasteiger partial charge in [0.1, 0.15) is 24.1 Å². The molecule has 0 heterocycles. The molecule has 1 aromatic carbocycles. The Morgan fingerprint density at radius 2 is 1.59 bits per heavy atom. The standard InChI is InChI=1S/C30H45N3O6/c1-18(26-23(34)12-10-13-24(26)35)31-14-9-8-11-22(28(39)32-17-25(36)37)33-19-15-20(29(2,3)4)27(38)21(16-19)30(5,6)7/h15-16,22,33-34,38H,8-14,17H2,1-7H3,(H,32,39)(H,36,37)/t22-/m0/s1. The fraction of sp³-hybridized carbons (Fsp3) is 0.600. The van der Waals surface area contributed by atoms with Crippen molar-refractivity contribution in [1.29, 1.82) is 0 Å². The van der Waals surface area contributed by atoms with Crippen molar-refractivity contribution in [3.05, 3.63) is 34.6 Å². The summed E-state index contributed by atoms with van der Waals surface area (Å²) in [6.45, 7) is 13.7. The number of aliphatic hydroxyl groups excluding tert-OH is 1. The van der Waals surface area contributed by atoms with Gasteiger partial charge in [-0.15, -0.1) is 0 Å². The molecule has 1 aromatic rings. The molecule has 0 spiro atoms. The number of amides is 1. The lowest BCUT2D eigenvalue weighted by Gasteiger charge is -2.29. The maximum atomic E-state index is 12.9. The van der Waals surface area contributed by atoms with Crippen LogP contribution in [0.25, 0.3) is 0 Å². The SMILES string of the molecule is CC(=NCCCC[C@H](Nc1cc(C(C)(C)C)c(O)c(C(C)(C)C)c1)C(=O)NCC(=O)O)C1=C(O)CCCC1=O. The van der Waals surface area contributed by atoms with Crippen LogP contribution in [0.3, 0.4) is 0 Å². The fourth-order valence-corrected chi connectivity index (χ4v) is 4.64. The molecule has 0 bridgehead atoms. The number of carboxylic acids is 1. The number of phenolic OH excluding ortho intramolecular Hbond substituents is 1. The van der Waals surface area contributed by atoms with Crippen molar-refractivity contribution >= 4 is 29.1 Å². The number of phenols is 1. The summed E-state index contributed by atoms with van der Waals surface area (Å²) >= 11 is 0. The number of anilines is 1. The number of aliphatic imine (C=N–C) groups is 1. The second-order valence-corrected chi connectivity index (χ2v) is 12.3. The summed E-state index contributed by atoms with van der Waals surface area (Å²) in [6.07, 6.45) is 3.22. The first kappa shape index (κ1) is 31.9. The van der Waals surface area contributed by atoms with E-state index in [1.54, 1.807) is 6.92 Å². The summed E-state index contributed by atoms with van der Waals surface area (Å²) in [4.78, 5) is 40.6. The zero-order chi connectivity index (χ0) is 29.5. The van der Waals surface area contributed by atoms with Crippen molar-refractivity contribution in [3.8, 4) is 5.75 Å². The van der Waals surface area contributed by atoms with E-state index in [2.05, 4.69) is 15.6 Å². The van der Waals surface area contributed by atoms with Gasteiger partial charge < -0.3 is 26.0 Å². The van der Waals surface area contributed by atoms with Gasteiger partial charge >= 0.3 is 5.97 Å². The molecule has 39 heavy (non-hydrogen) atoms. The third kappa shape index (κ3) is 9.11. The van der Waals surface area contributed by atoms with Crippen molar-refractivity contribution in [1.82, 2.24) is 5.32 Å². The Labute approximate surface area is 231 Å². The first-order chi connectivity index (χ1) is 18.0. The number of aromatic hydroxyl groups is 1. The van der Waals surface area contributed by atoms with Gasteiger partial charge in [-0.2, -0.15) is 0 Å². The van der Waals surface area contributed by atoms with Crippen LogP contribution in [-0.4, -0.2) is 57.8 Å². The van der Waals surface area contributed by atoms with Crippen LogP contribution in [0.2, 0.25) is 0 Å². The Morgan fingerprint density at radius 1 is 1.00 bits per heavy atom. The van der Waals surface area contributed by atoms with E-state index >= 15 is 0 Å². The maximum absolute atomic E-state index is 12.9. The Balaban J connectivity index is 2.21. The Bertz CT molecular complexity index is 1100. The van der Waals surface area contributed by atoms with Crippen LogP contribution in [0, 0.1) is 0 Å². The highest BCUT2D eigenvalue weighted by Gasteiger charge is 2.28. The van der Waals surface area contributed by atoms with Crippen LogP contribution in [0.4, 0.5) is 5.69 Å². The monoisotopic (exact) mass is 543 g/mol. The van der Waals surface area contributed by atoms with Gasteiger partial charge in [-0.05, 0) is 55.6 Å². The van der Waals surface area contributed by atoms with E-state index in [1.807, 2.05) is 53.7 Å². The molecule has 9 nitrogen and oxygen atoms in total. The Kier molecular flexibility index (Phi) is 10.7. The number of nitrogens with zero attached hydrogens (tertiary/aromatic N) is 1. The molecular weight excluding hydrogens is 498 g/mol. The number of aliphatic carboxylic acids is 1. The van der Waals surface area contributed by atoms with Crippen molar-refractivity contribution in [2.45, 2.75) is 104 Å². The fourth-order valence-electron chi connectivity index (χ4n) is 4.64. The lowest BCUT2D eigenvalue weighted by molar-refractivity contribution is -0.138. The Morgan fingerprint density at radius 3 is 2.10 bits per heavy atom. The van der Waals surface area contributed by atoms with Gasteiger partial charge in [0.25, 0.3) is 0 Å². The number of unbranched alkanes of at least 4 members (excludes halogenated alkanes) is 1. The van der Waals surface area contributed by atoms with E-state index in [0.29, 0.717) is 62.0 Å². The molecule has 0 saturated carbocycles. The lowest BCUT2D eigenvalue weighted by Crippen LogP contribution is -2.42. The van der Waals surface area contributed by atoms with Gasteiger partial charge in [0, 0.05) is 41.9 Å². The van der Waals surface area contributed by atoms with Gasteiger partial charge in [-0.25, -0.2) is 0 Å². The van der Waals surface area contributed by atoms with Gasteiger partial charge in [0.15, 0.2) is 5.78 Å². The molecule has 1 aliphatic carbocycles. The molecule has 5 N–H and O–H groups in total. The summed E-state index contributed by atoms with van der Waals surface area (Å²) in [5.74, 6) is -1.31. The molecule has 1 amide bonds. The number of allylic oxidation sites excluding steroid dienone is 2. The van der Waals surface area contributed by atoms with Crippen molar-refractivity contribution in [2.24, 2.45) is 4.99 Å². The minimum Gasteiger partial charge on any atom is -0.511 e. The number of carbonyl (C=O) groups is 3. The number of nitrogens with one attached hydrogen (secondary N) is 2. The first-order valence-corrected chi connectivity index (χ1v) is 13.6. The molecule has 1 atom stereocenters. The average molecular weight is 544 g/mol. The first-order valence-electron chi connectivity index (χ1n) is 13.6. The molecule has 216 valence electrons. The smallest absolute Gasteiger partial charge is 0.322 e. The summed E-state index contributed by atoms with van der Waals surface area (Å²) in [5, 5.41) is 35.9. The quantitative estimate of drug-likeness (QED) is 0.147. The summed E-state index contributed by atoms with van der Waals surface area (Å²) in [5.41, 5.74) is 2.34. The van der Waals surface area contributed by atoms with E-state index in [-0.39, 0.29) is 28.1 Å². The molecule has 9 heteroatoms. The second-order valence-electron chi connectivity index (χ2n) is 12.3. The second kappa shape index (κ2) is 13.1. The largest absolute Gasteiger partial charge is 0.511 e. The van der Waals surface area contributed by atoms with E-state index in [0.717, 1.165) is 11.1 Å². The number of hydrogen-bond acceptors (Lipinski definition) is 7. The van der Waals surface area contributed by atoms with E-state index in [9.17, 15) is 24.6 Å². The number of aliphatic hydroxyl groups is 1. The minimum absolute atomic E-state index is 0.0856. The number of carboxylic acid groups (broad SMARTS) is 1. The molecule has 0 saturated heterocycles. The van der Waals surface area contributed by atoms with Crippen LogP contribution in [0.1, 0.15) is 98.1 Å². The van der Waals surface area contributed by atoms with Crippen LogP contribution in [0.15, 0.2) is 28.5 Å². The molecule has 0 aromatic heterocycles. The molecule has 2 rings (SSSR count). The number of hydrogen-bond donors (Lipinski definition) is 5. The number of Topliss-reactive ketones (excluding diaryl/α,β-unsaturated/α-hetero) is 1. The highest BCUT2D eigenvalue weighted by atomic mass is 16.4. The molecule has 0 unspecified atom stereocenters. The maximum Gasteiger partial charge on any atom is 0.322 e.